The van der Waals surface area contributed by atoms with Crippen molar-refractivity contribution in [3.05, 3.63) is 94.9 Å². The number of aryl methyl sites for hydroxylation is 1. The average molecular weight is 491 g/mol. The Bertz CT molecular complexity index is 1530. The maximum absolute atomic E-state index is 13.3. The van der Waals surface area contributed by atoms with Gasteiger partial charge in [-0.1, -0.05) is 41.6 Å². The predicted octanol–water partition coefficient (Wildman–Crippen LogP) is 4.42. The van der Waals surface area contributed by atoms with Crippen molar-refractivity contribution >= 4 is 17.3 Å². The fourth-order valence-electron chi connectivity index (χ4n) is 5.48. The van der Waals surface area contributed by atoms with E-state index < -0.39 is 0 Å². The summed E-state index contributed by atoms with van der Waals surface area (Å²) >= 11 is 0. The maximum atomic E-state index is 13.3. The number of hydrogen-bond donors (Lipinski definition) is 0. The zero-order valence-corrected chi connectivity index (χ0v) is 20.8. The zero-order valence-electron chi connectivity index (χ0n) is 20.8. The molecule has 8 nitrogen and oxygen atoms in total. The lowest BCUT2D eigenvalue weighted by atomic mass is 9.93. The Morgan fingerprint density at radius 1 is 0.946 bits per heavy atom. The van der Waals surface area contributed by atoms with Crippen LogP contribution in [0.25, 0.3) is 11.4 Å². The van der Waals surface area contributed by atoms with Gasteiger partial charge in [0.05, 0.1) is 17.3 Å². The number of carbonyl (C=O) groups is 1. The van der Waals surface area contributed by atoms with Gasteiger partial charge in [0.15, 0.2) is 0 Å². The summed E-state index contributed by atoms with van der Waals surface area (Å²) in [7, 11) is 1.85. The van der Waals surface area contributed by atoms with Crippen LogP contribution in [0.4, 0.5) is 11.4 Å². The summed E-state index contributed by atoms with van der Waals surface area (Å²) in [6, 6.07) is 24.2. The minimum atomic E-state index is -0.0252. The van der Waals surface area contributed by atoms with Crippen LogP contribution in [-0.2, 0) is 0 Å². The van der Waals surface area contributed by atoms with Gasteiger partial charge in [-0.2, -0.15) is 10.2 Å². The van der Waals surface area contributed by atoms with Crippen LogP contribution in [0.3, 0.4) is 0 Å². The van der Waals surface area contributed by atoms with Crippen molar-refractivity contribution in [2.24, 2.45) is 0 Å². The van der Waals surface area contributed by atoms with Crippen LogP contribution < -0.4 is 9.80 Å². The molecule has 2 aliphatic rings. The van der Waals surface area contributed by atoms with E-state index in [2.05, 4.69) is 38.1 Å². The quantitative estimate of drug-likeness (QED) is 0.420. The van der Waals surface area contributed by atoms with E-state index in [1.165, 1.54) is 0 Å². The summed E-state index contributed by atoms with van der Waals surface area (Å²) in [5.74, 6) is 0.985. The van der Waals surface area contributed by atoms with Gasteiger partial charge in [0.2, 0.25) is 11.7 Å². The Kier molecular flexibility index (Phi) is 5.70. The summed E-state index contributed by atoms with van der Waals surface area (Å²) in [5, 5.41) is 13.9. The molecule has 0 spiro atoms. The van der Waals surface area contributed by atoms with Gasteiger partial charge >= 0.3 is 0 Å². The lowest BCUT2D eigenvalue weighted by Gasteiger charge is -2.41. The first-order valence-electron chi connectivity index (χ1n) is 12.3. The van der Waals surface area contributed by atoms with Crippen molar-refractivity contribution in [3.63, 3.8) is 0 Å². The van der Waals surface area contributed by atoms with Gasteiger partial charge in [-0.15, -0.1) is 0 Å². The molecule has 0 N–H and O–H groups in total. The molecule has 0 saturated carbocycles. The Morgan fingerprint density at radius 3 is 2.41 bits per heavy atom. The first-order valence-corrected chi connectivity index (χ1v) is 12.3. The smallest absolute Gasteiger partial charge is 0.258 e. The molecular weight excluding hydrogens is 464 g/mol. The second kappa shape index (κ2) is 9.19. The molecule has 6 rings (SSSR count). The topological polar surface area (TPSA) is 89.5 Å². The molecule has 0 bridgehead atoms. The van der Waals surface area contributed by atoms with Crippen LogP contribution in [0.1, 0.15) is 39.0 Å². The second-order valence-corrected chi connectivity index (χ2v) is 9.42. The second-order valence-electron chi connectivity index (χ2n) is 9.42. The number of nitrogens with zero attached hydrogens (tertiary/aromatic N) is 6. The minimum Gasteiger partial charge on any atom is -0.368 e. The lowest BCUT2D eigenvalue weighted by Crippen LogP contribution is -2.48. The molecule has 1 saturated heterocycles. The fourth-order valence-corrected chi connectivity index (χ4v) is 5.48. The maximum Gasteiger partial charge on any atom is 0.258 e. The van der Waals surface area contributed by atoms with E-state index >= 15 is 0 Å². The molecule has 2 aliphatic heterocycles. The summed E-state index contributed by atoms with van der Waals surface area (Å²) in [6.07, 6.45) is 0. The number of benzene rings is 3. The first kappa shape index (κ1) is 23.0. The van der Waals surface area contributed by atoms with Crippen molar-refractivity contribution in [1.82, 2.24) is 15.0 Å². The standard InChI is InChI=1S/C29H26N6O2/c1-19-31-28(32-37-19)20-11-12-25(21(17-20)18-30)34-13-15-35(16-14-34)27-22-7-3-4-8-23(22)29(36)33(2)26-10-6-5-9-24(26)27/h3-12,17,27H,13-16H2,1-2H3. The van der Waals surface area contributed by atoms with E-state index in [-0.39, 0.29) is 11.9 Å². The number of hydrogen-bond acceptors (Lipinski definition) is 7. The van der Waals surface area contributed by atoms with Gasteiger partial charge in [-0.05, 0) is 41.5 Å². The van der Waals surface area contributed by atoms with Crippen LogP contribution >= 0.6 is 0 Å². The van der Waals surface area contributed by atoms with Gasteiger partial charge < -0.3 is 14.3 Å². The number of anilines is 2. The SMILES string of the molecule is Cc1nc(-c2ccc(N3CCN(C4c5ccccc5C(=O)N(C)c5ccccc54)CC3)c(C#N)c2)no1. The average Bonchev–Trinajstić information content (AvgIpc) is 3.36. The van der Waals surface area contributed by atoms with E-state index in [0.29, 0.717) is 17.3 Å². The number of para-hydroxylation sites is 1. The molecule has 8 heteroatoms. The summed E-state index contributed by atoms with van der Waals surface area (Å²) in [6.45, 7) is 4.86. The van der Waals surface area contributed by atoms with E-state index in [0.717, 1.165) is 59.8 Å². The number of aromatic nitrogens is 2. The van der Waals surface area contributed by atoms with Gasteiger partial charge in [0.25, 0.3) is 5.91 Å². The lowest BCUT2D eigenvalue weighted by molar-refractivity contribution is 0.0992. The van der Waals surface area contributed by atoms with Crippen LogP contribution in [0.2, 0.25) is 0 Å². The number of rotatable bonds is 3. The summed E-state index contributed by atoms with van der Waals surface area (Å²) in [5.41, 5.74) is 6.11. The molecule has 0 radical (unpaired) electrons. The molecule has 1 atom stereocenters. The third-order valence-electron chi connectivity index (χ3n) is 7.31. The first-order chi connectivity index (χ1) is 18.0. The van der Waals surface area contributed by atoms with Crippen molar-refractivity contribution in [1.29, 1.82) is 5.26 Å². The number of nitriles is 1. The zero-order chi connectivity index (χ0) is 25.5. The Labute approximate surface area is 215 Å². The van der Waals surface area contributed by atoms with E-state index in [1.54, 1.807) is 11.8 Å². The molecule has 1 aromatic heterocycles. The van der Waals surface area contributed by atoms with E-state index in [1.807, 2.05) is 61.6 Å². The monoisotopic (exact) mass is 490 g/mol. The third kappa shape index (κ3) is 3.94. The normalized spacial score (nSPS) is 17.6. The Morgan fingerprint density at radius 2 is 1.68 bits per heavy atom. The van der Waals surface area contributed by atoms with Crippen LogP contribution in [0, 0.1) is 18.3 Å². The van der Waals surface area contributed by atoms with Crippen LogP contribution in [0.5, 0.6) is 0 Å². The highest BCUT2D eigenvalue weighted by molar-refractivity contribution is 6.08. The molecule has 3 heterocycles. The van der Waals surface area contributed by atoms with Crippen molar-refractivity contribution in [2.75, 3.05) is 43.0 Å². The van der Waals surface area contributed by atoms with E-state index in [4.69, 9.17) is 4.52 Å². The number of fused-ring (bicyclic) bond motifs is 2. The fraction of sp³-hybridized carbons (Fsp3) is 0.241. The number of amides is 1. The van der Waals surface area contributed by atoms with Gasteiger partial charge in [0, 0.05) is 57.0 Å². The van der Waals surface area contributed by atoms with Crippen LogP contribution in [-0.4, -0.2) is 54.2 Å². The van der Waals surface area contributed by atoms with Crippen LogP contribution in [0.15, 0.2) is 71.3 Å². The Balaban J connectivity index is 1.30. The summed E-state index contributed by atoms with van der Waals surface area (Å²) in [4.78, 5) is 24.1. The van der Waals surface area contributed by atoms with Crippen molar-refractivity contribution < 1.29 is 9.32 Å². The highest BCUT2D eigenvalue weighted by Gasteiger charge is 2.35. The molecule has 1 unspecified atom stereocenters. The largest absolute Gasteiger partial charge is 0.368 e. The molecule has 3 aromatic carbocycles. The van der Waals surface area contributed by atoms with Gasteiger partial charge in [-0.25, -0.2) is 0 Å². The number of carbonyl (C=O) groups excluding carboxylic acids is 1. The van der Waals surface area contributed by atoms with Crippen molar-refractivity contribution in [3.8, 4) is 17.5 Å². The summed E-state index contributed by atoms with van der Waals surface area (Å²) < 4.78 is 5.10. The van der Waals surface area contributed by atoms with Crippen molar-refractivity contribution in [2.45, 2.75) is 13.0 Å². The molecular formula is C29H26N6O2. The van der Waals surface area contributed by atoms with Gasteiger partial charge in [0.1, 0.15) is 6.07 Å². The molecule has 37 heavy (non-hydrogen) atoms. The predicted molar refractivity (Wildman–Crippen MR) is 140 cm³/mol. The molecule has 1 fully saturated rings. The molecule has 0 aliphatic carbocycles. The number of piperazine rings is 1. The minimum absolute atomic E-state index is 0.0136. The molecule has 184 valence electrons. The van der Waals surface area contributed by atoms with E-state index in [9.17, 15) is 10.1 Å². The highest BCUT2D eigenvalue weighted by Crippen LogP contribution is 2.40. The van der Waals surface area contributed by atoms with Gasteiger partial charge in [-0.3, -0.25) is 9.69 Å². The molecule has 4 aromatic rings. The Hall–Kier alpha value is -4.48. The highest BCUT2D eigenvalue weighted by atomic mass is 16.5. The molecule has 1 amide bonds. The third-order valence-corrected chi connectivity index (χ3v) is 7.31.